The van der Waals surface area contributed by atoms with E-state index in [0.29, 0.717) is 16.7 Å². The molecule has 1 N–H and O–H groups in total. The molecule has 3 aromatic rings. The van der Waals surface area contributed by atoms with Crippen LogP contribution < -0.4 is 10.2 Å². The van der Waals surface area contributed by atoms with E-state index in [0.717, 1.165) is 23.1 Å². The third kappa shape index (κ3) is 4.81. The molecule has 0 saturated heterocycles. The van der Waals surface area contributed by atoms with Gasteiger partial charge in [0.1, 0.15) is 5.75 Å². The lowest BCUT2D eigenvalue weighted by atomic mass is 10.2. The van der Waals surface area contributed by atoms with E-state index < -0.39 is 4.92 Å². The number of hydrogen-bond acceptors (Lipinski definition) is 9. The summed E-state index contributed by atoms with van der Waals surface area (Å²) in [6.45, 7) is 1.38. The first-order chi connectivity index (χ1) is 14.4. The predicted molar refractivity (Wildman–Crippen MR) is 114 cm³/mol. The number of carbonyl (C=O) groups is 1. The molecule has 30 heavy (non-hydrogen) atoms. The molecule has 0 spiro atoms. The van der Waals surface area contributed by atoms with Crippen LogP contribution in [0, 0.1) is 10.1 Å². The van der Waals surface area contributed by atoms with Crippen molar-refractivity contribution in [2.75, 3.05) is 12.5 Å². The zero-order chi connectivity index (χ0) is 21.7. The van der Waals surface area contributed by atoms with Gasteiger partial charge >= 0.3 is 0 Å². The van der Waals surface area contributed by atoms with Crippen molar-refractivity contribution in [2.45, 2.75) is 12.1 Å². The molecule has 10 nitrogen and oxygen atoms in total. The standard InChI is InChI=1S/C19H18N6O4S/c1-12(26)18(22-20-14-5-4-6-15(11-14)25(27)28)30-19-23-21-17(24(19)2)13-7-9-16(29-3)10-8-13/h4-11,20H,1-3H3/b22-18+. The Hall–Kier alpha value is -3.73. The molecule has 3 rings (SSSR count). The van der Waals surface area contributed by atoms with Crippen molar-refractivity contribution in [3.63, 3.8) is 0 Å². The number of hydrogen-bond donors (Lipinski definition) is 1. The molecule has 2 aromatic carbocycles. The van der Waals surface area contributed by atoms with Gasteiger partial charge in [-0.2, -0.15) is 5.10 Å². The number of ketones is 1. The number of rotatable bonds is 7. The molecule has 1 aromatic heterocycles. The second-order valence-corrected chi connectivity index (χ2v) is 7.04. The van der Waals surface area contributed by atoms with E-state index in [-0.39, 0.29) is 16.5 Å². The van der Waals surface area contributed by atoms with Crippen molar-refractivity contribution in [3.05, 3.63) is 58.6 Å². The normalized spacial score (nSPS) is 11.2. The average Bonchev–Trinajstić information content (AvgIpc) is 3.11. The SMILES string of the molecule is COc1ccc(-c2nnc(S/C(=N/Nc3cccc([N+](=O)[O-])c3)C(C)=O)n2C)cc1. The molecule has 0 aliphatic rings. The number of hydrazone groups is 1. The molecule has 11 heteroatoms. The van der Waals surface area contributed by atoms with Crippen LogP contribution in [-0.2, 0) is 11.8 Å². The van der Waals surface area contributed by atoms with Crippen LogP contribution in [0.3, 0.4) is 0 Å². The number of non-ortho nitro benzene ring substituents is 1. The lowest BCUT2D eigenvalue weighted by Gasteiger charge is -2.06. The number of Topliss-reactive ketones (excluding diaryl/α,β-unsaturated/α-hetero) is 1. The maximum Gasteiger partial charge on any atom is 0.271 e. The highest BCUT2D eigenvalue weighted by Gasteiger charge is 2.17. The van der Waals surface area contributed by atoms with Crippen molar-refractivity contribution >= 4 is 34.0 Å². The molecule has 154 valence electrons. The van der Waals surface area contributed by atoms with Gasteiger partial charge in [-0.05, 0) is 42.1 Å². The Morgan fingerprint density at radius 3 is 2.60 bits per heavy atom. The van der Waals surface area contributed by atoms with Gasteiger partial charge in [0.05, 0.1) is 17.7 Å². The minimum atomic E-state index is -0.504. The second kappa shape index (κ2) is 9.18. The summed E-state index contributed by atoms with van der Waals surface area (Å²) in [5.41, 5.74) is 3.83. The molecule has 0 aliphatic heterocycles. The van der Waals surface area contributed by atoms with E-state index in [9.17, 15) is 14.9 Å². The van der Waals surface area contributed by atoms with Gasteiger partial charge in [0.2, 0.25) is 0 Å². The molecule has 0 amide bonds. The number of thioether (sulfide) groups is 1. The third-order valence-corrected chi connectivity index (χ3v) is 5.13. The highest BCUT2D eigenvalue weighted by Crippen LogP contribution is 2.26. The fourth-order valence-corrected chi connectivity index (χ4v) is 3.17. The Balaban J connectivity index is 1.81. The van der Waals surface area contributed by atoms with Gasteiger partial charge in [-0.3, -0.25) is 20.3 Å². The number of nitro benzene ring substituents is 1. The highest BCUT2D eigenvalue weighted by atomic mass is 32.2. The van der Waals surface area contributed by atoms with E-state index in [1.165, 1.54) is 25.1 Å². The summed E-state index contributed by atoms with van der Waals surface area (Å²) in [6, 6.07) is 13.2. The van der Waals surface area contributed by atoms with Crippen molar-refractivity contribution in [2.24, 2.45) is 12.1 Å². The molecule has 0 fully saturated rings. The van der Waals surface area contributed by atoms with Crippen LogP contribution in [-0.4, -0.2) is 37.6 Å². The van der Waals surface area contributed by atoms with Crippen LogP contribution in [0.15, 0.2) is 58.8 Å². The number of nitro groups is 1. The van der Waals surface area contributed by atoms with Gasteiger partial charge < -0.3 is 9.30 Å². The van der Waals surface area contributed by atoms with Crippen LogP contribution >= 0.6 is 11.8 Å². The largest absolute Gasteiger partial charge is 0.497 e. The molecular formula is C19H18N6O4S. The fraction of sp³-hybridized carbons (Fsp3) is 0.158. The Morgan fingerprint density at radius 1 is 1.23 bits per heavy atom. The molecule has 1 heterocycles. The van der Waals surface area contributed by atoms with Crippen LogP contribution in [0.5, 0.6) is 5.75 Å². The summed E-state index contributed by atoms with van der Waals surface area (Å²) in [5.74, 6) is 1.07. The predicted octanol–water partition coefficient (Wildman–Crippen LogP) is 3.51. The summed E-state index contributed by atoms with van der Waals surface area (Å²) < 4.78 is 6.91. The van der Waals surface area contributed by atoms with E-state index in [4.69, 9.17) is 4.74 Å². The second-order valence-electron chi connectivity index (χ2n) is 6.09. The topological polar surface area (TPSA) is 125 Å². The Morgan fingerprint density at radius 2 is 1.97 bits per heavy atom. The zero-order valence-electron chi connectivity index (χ0n) is 16.4. The van der Waals surface area contributed by atoms with Crippen molar-refractivity contribution in [3.8, 4) is 17.1 Å². The molecule has 0 aliphatic carbocycles. The van der Waals surface area contributed by atoms with Crippen LogP contribution in [0.25, 0.3) is 11.4 Å². The number of nitrogens with zero attached hydrogens (tertiary/aromatic N) is 5. The number of benzene rings is 2. The first-order valence-corrected chi connectivity index (χ1v) is 9.51. The van der Waals surface area contributed by atoms with Gasteiger partial charge in [0.15, 0.2) is 21.8 Å². The molecule has 0 bridgehead atoms. The van der Waals surface area contributed by atoms with Gasteiger partial charge in [-0.15, -0.1) is 10.2 Å². The van der Waals surface area contributed by atoms with Gasteiger partial charge in [0.25, 0.3) is 5.69 Å². The van der Waals surface area contributed by atoms with E-state index in [1.54, 1.807) is 24.8 Å². The molecule has 0 atom stereocenters. The summed E-state index contributed by atoms with van der Waals surface area (Å²) >= 11 is 1.05. The molecule has 0 saturated carbocycles. The smallest absolute Gasteiger partial charge is 0.271 e. The number of anilines is 1. The van der Waals surface area contributed by atoms with Crippen LogP contribution in [0.2, 0.25) is 0 Å². The lowest BCUT2D eigenvalue weighted by Crippen LogP contribution is -2.09. The van der Waals surface area contributed by atoms with Crippen LogP contribution in [0.1, 0.15) is 6.92 Å². The minimum Gasteiger partial charge on any atom is -0.497 e. The minimum absolute atomic E-state index is 0.0790. The summed E-state index contributed by atoms with van der Waals surface area (Å²) in [7, 11) is 3.38. The summed E-state index contributed by atoms with van der Waals surface area (Å²) in [5, 5.41) is 23.9. The summed E-state index contributed by atoms with van der Waals surface area (Å²) in [6.07, 6.45) is 0. The van der Waals surface area contributed by atoms with E-state index >= 15 is 0 Å². The lowest BCUT2D eigenvalue weighted by molar-refractivity contribution is -0.384. The first kappa shape index (κ1) is 21.0. The first-order valence-electron chi connectivity index (χ1n) is 8.70. The zero-order valence-corrected chi connectivity index (χ0v) is 17.2. The number of methoxy groups -OCH3 is 1. The maximum atomic E-state index is 12.0. The number of ether oxygens (including phenoxy) is 1. The average molecular weight is 426 g/mol. The van der Waals surface area contributed by atoms with Gasteiger partial charge in [-0.1, -0.05) is 6.07 Å². The van der Waals surface area contributed by atoms with E-state index in [1.807, 2.05) is 24.3 Å². The molecular weight excluding hydrogens is 408 g/mol. The van der Waals surface area contributed by atoms with Gasteiger partial charge in [0, 0.05) is 31.7 Å². The third-order valence-electron chi connectivity index (χ3n) is 4.02. The van der Waals surface area contributed by atoms with Crippen molar-refractivity contribution in [1.29, 1.82) is 0 Å². The quantitative estimate of drug-likeness (QED) is 0.200. The number of aromatic nitrogens is 3. The molecule has 0 unspecified atom stereocenters. The number of nitrogens with one attached hydrogen (secondary N) is 1. The van der Waals surface area contributed by atoms with Gasteiger partial charge in [-0.25, -0.2) is 0 Å². The Bertz CT molecular complexity index is 1110. The number of carbonyl (C=O) groups excluding carboxylic acids is 1. The molecule has 0 radical (unpaired) electrons. The fourth-order valence-electron chi connectivity index (χ4n) is 2.46. The monoisotopic (exact) mass is 426 g/mol. The highest BCUT2D eigenvalue weighted by molar-refractivity contribution is 8.15. The van der Waals surface area contributed by atoms with Crippen molar-refractivity contribution < 1.29 is 14.5 Å². The van der Waals surface area contributed by atoms with Crippen molar-refractivity contribution in [1.82, 2.24) is 14.8 Å². The Labute approximate surface area is 176 Å². The summed E-state index contributed by atoms with van der Waals surface area (Å²) in [4.78, 5) is 22.4. The maximum absolute atomic E-state index is 12.0. The Kier molecular flexibility index (Phi) is 6.42. The van der Waals surface area contributed by atoms with Crippen LogP contribution in [0.4, 0.5) is 11.4 Å². The van der Waals surface area contributed by atoms with E-state index in [2.05, 4.69) is 20.7 Å².